The van der Waals surface area contributed by atoms with Gasteiger partial charge in [-0.25, -0.2) is 0 Å². The van der Waals surface area contributed by atoms with Gasteiger partial charge >= 0.3 is 0 Å². The van der Waals surface area contributed by atoms with Crippen LogP contribution >= 0.6 is 11.6 Å². The van der Waals surface area contributed by atoms with E-state index in [9.17, 15) is 9.59 Å². The van der Waals surface area contributed by atoms with Gasteiger partial charge in [0.05, 0.1) is 23.6 Å². The molecule has 136 valence electrons. The second kappa shape index (κ2) is 6.28. The zero-order valence-corrected chi connectivity index (χ0v) is 15.3. The molecule has 2 N–H and O–H groups in total. The van der Waals surface area contributed by atoms with Crippen molar-refractivity contribution in [2.75, 3.05) is 11.9 Å². The Morgan fingerprint density at radius 1 is 1.23 bits per heavy atom. The Kier molecular flexibility index (Phi) is 4.19. The first-order valence-electron chi connectivity index (χ1n) is 9.17. The van der Waals surface area contributed by atoms with Crippen LogP contribution in [-0.2, 0) is 9.59 Å². The molecule has 5 rings (SSSR count). The molecule has 0 aliphatic heterocycles. The number of amides is 2. The predicted molar refractivity (Wildman–Crippen MR) is 98.5 cm³/mol. The van der Waals surface area contributed by atoms with Crippen LogP contribution in [0.3, 0.4) is 0 Å². The minimum absolute atomic E-state index is 0.0300. The number of carbonyl (C=O) groups excluding carboxylic acids is 2. The van der Waals surface area contributed by atoms with E-state index in [2.05, 4.69) is 10.6 Å². The number of carbonyl (C=O) groups is 2. The fraction of sp³-hybridized carbons (Fsp3) is 0.550. The second-order valence-corrected chi connectivity index (χ2v) is 9.12. The van der Waals surface area contributed by atoms with Crippen molar-refractivity contribution in [3.8, 4) is 6.07 Å². The van der Waals surface area contributed by atoms with Crippen LogP contribution in [0.15, 0.2) is 24.3 Å². The maximum Gasteiger partial charge on any atom is 0.243 e. The Bertz CT molecular complexity index is 786. The molecule has 0 spiro atoms. The fourth-order valence-electron chi connectivity index (χ4n) is 5.64. The number of hydrogen-bond donors (Lipinski definition) is 2. The second-order valence-electron chi connectivity index (χ2n) is 8.32. The zero-order valence-electron chi connectivity index (χ0n) is 14.6. The SMILES string of the molecule is N#Cc1cccc(NC(=O)CNC(=O)C23C[C@@H]4C[C@@H](CC(Cl)(C4)C2)C3)c1. The average Bonchev–Trinajstić information content (AvgIpc) is 2.57. The van der Waals surface area contributed by atoms with Crippen molar-refractivity contribution >= 4 is 29.1 Å². The molecule has 26 heavy (non-hydrogen) atoms. The van der Waals surface area contributed by atoms with Gasteiger partial charge in [0.2, 0.25) is 11.8 Å². The lowest BCUT2D eigenvalue weighted by atomic mass is 9.49. The van der Waals surface area contributed by atoms with Crippen molar-refractivity contribution < 1.29 is 9.59 Å². The molecule has 4 saturated carbocycles. The topological polar surface area (TPSA) is 82.0 Å². The summed E-state index contributed by atoms with van der Waals surface area (Å²) in [5.41, 5.74) is 0.637. The van der Waals surface area contributed by atoms with Crippen LogP contribution in [0.2, 0.25) is 0 Å². The summed E-state index contributed by atoms with van der Waals surface area (Å²) in [7, 11) is 0. The van der Waals surface area contributed by atoms with Crippen LogP contribution in [-0.4, -0.2) is 23.2 Å². The smallest absolute Gasteiger partial charge is 0.243 e. The van der Waals surface area contributed by atoms with E-state index in [0.717, 1.165) is 32.1 Å². The number of nitrogens with zero attached hydrogens (tertiary/aromatic N) is 1. The molecule has 1 aromatic carbocycles. The fourth-order valence-corrected chi connectivity index (χ4v) is 6.33. The van der Waals surface area contributed by atoms with Gasteiger partial charge in [-0.05, 0) is 68.6 Å². The summed E-state index contributed by atoms with van der Waals surface area (Å²) in [6.07, 6.45) is 5.77. The highest BCUT2D eigenvalue weighted by Gasteiger charge is 2.60. The number of nitrogens with one attached hydrogen (secondary N) is 2. The first-order valence-corrected chi connectivity index (χ1v) is 9.55. The molecule has 4 aliphatic carbocycles. The number of rotatable bonds is 4. The molecule has 4 atom stereocenters. The molecular formula is C20H22ClN3O2. The molecule has 6 heteroatoms. The molecule has 5 nitrogen and oxygen atoms in total. The Hall–Kier alpha value is -2.06. The molecule has 0 radical (unpaired) electrons. The molecule has 2 unspecified atom stereocenters. The monoisotopic (exact) mass is 371 g/mol. The van der Waals surface area contributed by atoms with Crippen molar-refractivity contribution in [2.24, 2.45) is 17.3 Å². The summed E-state index contributed by atoms with van der Waals surface area (Å²) in [6, 6.07) is 8.75. The average molecular weight is 372 g/mol. The van der Waals surface area contributed by atoms with Gasteiger partial charge < -0.3 is 10.6 Å². The number of hydrogen-bond acceptors (Lipinski definition) is 3. The zero-order chi connectivity index (χ0) is 18.4. The molecule has 0 aromatic heterocycles. The first kappa shape index (κ1) is 17.4. The Morgan fingerprint density at radius 2 is 1.96 bits per heavy atom. The van der Waals surface area contributed by atoms with Gasteiger partial charge in [-0.3, -0.25) is 9.59 Å². The van der Waals surface area contributed by atoms with E-state index in [1.54, 1.807) is 24.3 Å². The van der Waals surface area contributed by atoms with Gasteiger partial charge in [-0.2, -0.15) is 5.26 Å². The van der Waals surface area contributed by atoms with Crippen LogP contribution in [0.25, 0.3) is 0 Å². The van der Waals surface area contributed by atoms with Crippen molar-refractivity contribution in [1.82, 2.24) is 5.32 Å². The van der Waals surface area contributed by atoms with Gasteiger partial charge in [-0.1, -0.05) is 6.07 Å². The predicted octanol–water partition coefficient (Wildman–Crippen LogP) is 3.19. The molecule has 4 fully saturated rings. The number of halogens is 1. The highest BCUT2D eigenvalue weighted by molar-refractivity contribution is 6.24. The first-order chi connectivity index (χ1) is 12.4. The van der Waals surface area contributed by atoms with E-state index in [1.165, 1.54) is 6.42 Å². The summed E-state index contributed by atoms with van der Waals surface area (Å²) < 4.78 is 0. The molecule has 4 aliphatic rings. The van der Waals surface area contributed by atoms with Gasteiger partial charge in [0.1, 0.15) is 0 Å². The van der Waals surface area contributed by atoms with E-state index in [4.69, 9.17) is 16.9 Å². The van der Waals surface area contributed by atoms with Crippen LogP contribution in [0, 0.1) is 28.6 Å². The van der Waals surface area contributed by atoms with Crippen molar-refractivity contribution in [1.29, 1.82) is 5.26 Å². The highest BCUT2D eigenvalue weighted by Crippen LogP contribution is 2.63. The summed E-state index contributed by atoms with van der Waals surface area (Å²) >= 11 is 6.78. The van der Waals surface area contributed by atoms with Crippen molar-refractivity contribution in [3.05, 3.63) is 29.8 Å². The minimum atomic E-state index is -0.396. The van der Waals surface area contributed by atoms with Crippen LogP contribution in [0.5, 0.6) is 0 Å². The van der Waals surface area contributed by atoms with Crippen LogP contribution in [0.1, 0.15) is 44.1 Å². The number of nitriles is 1. The number of benzene rings is 1. The molecule has 2 amide bonds. The lowest BCUT2D eigenvalue weighted by Crippen LogP contribution is -2.58. The van der Waals surface area contributed by atoms with Crippen molar-refractivity contribution in [3.63, 3.8) is 0 Å². The molecule has 4 bridgehead atoms. The lowest BCUT2D eigenvalue weighted by molar-refractivity contribution is -0.145. The molecule has 0 heterocycles. The molecular weight excluding hydrogens is 350 g/mol. The number of anilines is 1. The minimum Gasteiger partial charge on any atom is -0.347 e. The highest BCUT2D eigenvalue weighted by atomic mass is 35.5. The van der Waals surface area contributed by atoms with Gasteiger partial charge in [0, 0.05) is 10.6 Å². The normalized spacial score (nSPS) is 34.2. The van der Waals surface area contributed by atoms with Gasteiger partial charge in [-0.15, -0.1) is 11.6 Å². The summed E-state index contributed by atoms with van der Waals surface area (Å²) in [5, 5.41) is 14.5. The molecule has 1 aromatic rings. The van der Waals surface area contributed by atoms with Gasteiger partial charge in [0.15, 0.2) is 0 Å². The Morgan fingerprint density at radius 3 is 2.62 bits per heavy atom. The lowest BCUT2D eigenvalue weighted by Gasteiger charge is -2.59. The van der Waals surface area contributed by atoms with E-state index in [0.29, 0.717) is 23.1 Å². The van der Waals surface area contributed by atoms with E-state index in [1.807, 2.05) is 6.07 Å². The standard InChI is InChI=1S/C20H22ClN3O2/c21-20-8-14-4-15(9-20)7-19(6-14,12-20)18(26)23-11-17(25)24-16-3-1-2-13(5-16)10-22/h1-3,5,14-15H,4,6-9,11-12H2,(H,23,26)(H,24,25)/t14-,15+,19?,20?. The van der Waals surface area contributed by atoms with Crippen LogP contribution < -0.4 is 10.6 Å². The summed E-state index contributed by atoms with van der Waals surface area (Å²) in [6.45, 7) is -0.0675. The van der Waals surface area contributed by atoms with E-state index < -0.39 is 5.41 Å². The summed E-state index contributed by atoms with van der Waals surface area (Å²) in [4.78, 5) is 24.9. The van der Waals surface area contributed by atoms with E-state index >= 15 is 0 Å². The largest absolute Gasteiger partial charge is 0.347 e. The third-order valence-electron chi connectivity index (χ3n) is 6.16. The summed E-state index contributed by atoms with van der Waals surface area (Å²) in [5.74, 6) is 0.764. The maximum atomic E-state index is 12.9. The molecule has 0 saturated heterocycles. The van der Waals surface area contributed by atoms with Crippen molar-refractivity contribution in [2.45, 2.75) is 43.4 Å². The van der Waals surface area contributed by atoms with E-state index in [-0.39, 0.29) is 23.2 Å². The quantitative estimate of drug-likeness (QED) is 0.797. The Balaban J connectivity index is 1.37. The van der Waals surface area contributed by atoms with Crippen LogP contribution in [0.4, 0.5) is 5.69 Å². The third kappa shape index (κ3) is 3.19. The van der Waals surface area contributed by atoms with Gasteiger partial charge in [0.25, 0.3) is 0 Å². The Labute approximate surface area is 158 Å². The number of alkyl halides is 1. The third-order valence-corrected chi connectivity index (χ3v) is 6.60. The maximum absolute atomic E-state index is 12.9.